The fraction of sp³-hybridized carbons (Fsp3) is 0.474. The van der Waals surface area contributed by atoms with Gasteiger partial charge in [0.1, 0.15) is 12.4 Å². The van der Waals surface area contributed by atoms with Gasteiger partial charge in [-0.25, -0.2) is 0 Å². The third-order valence-corrected chi connectivity index (χ3v) is 4.54. The maximum atomic E-state index is 12.6. The van der Waals surface area contributed by atoms with Crippen molar-refractivity contribution in [3.05, 3.63) is 54.0 Å². The van der Waals surface area contributed by atoms with E-state index in [0.29, 0.717) is 32.0 Å². The fourth-order valence-electron chi connectivity index (χ4n) is 3.09. The number of furan rings is 1. The molecule has 1 unspecified atom stereocenters. The van der Waals surface area contributed by atoms with E-state index in [-0.39, 0.29) is 6.61 Å². The summed E-state index contributed by atoms with van der Waals surface area (Å²) in [5, 5.41) is 10.1. The number of nitrogens with zero attached hydrogens (tertiary/aromatic N) is 2. The molecule has 2 aromatic rings. The van der Waals surface area contributed by atoms with Crippen LogP contribution in [0.1, 0.15) is 11.3 Å². The third-order valence-electron chi connectivity index (χ3n) is 4.54. The number of aliphatic hydroxyl groups excluding tert-OH is 1. The van der Waals surface area contributed by atoms with Crippen molar-refractivity contribution in [1.82, 2.24) is 4.90 Å². The molecule has 1 atom stereocenters. The van der Waals surface area contributed by atoms with Gasteiger partial charge in [0.05, 0.1) is 24.5 Å². The van der Waals surface area contributed by atoms with E-state index in [2.05, 4.69) is 9.80 Å². The molecule has 1 aliphatic rings. The summed E-state index contributed by atoms with van der Waals surface area (Å²) < 4.78 is 48.5. The molecule has 1 aliphatic heterocycles. The van der Waals surface area contributed by atoms with Crippen LogP contribution in [-0.2, 0) is 17.5 Å². The first-order valence-electron chi connectivity index (χ1n) is 8.84. The molecule has 27 heavy (non-hydrogen) atoms. The maximum absolute atomic E-state index is 12.6. The van der Waals surface area contributed by atoms with Gasteiger partial charge >= 0.3 is 6.18 Å². The molecular formula is C19H23F3N2O3. The van der Waals surface area contributed by atoms with Crippen LogP contribution >= 0.6 is 0 Å². The summed E-state index contributed by atoms with van der Waals surface area (Å²) in [7, 11) is 0. The highest BCUT2D eigenvalue weighted by molar-refractivity contribution is 5.48. The number of halogens is 3. The topological polar surface area (TPSA) is 49.1 Å². The normalized spacial score (nSPS) is 17.3. The minimum absolute atomic E-state index is 0.222. The molecule has 8 heteroatoms. The zero-order valence-corrected chi connectivity index (χ0v) is 14.9. The van der Waals surface area contributed by atoms with Crippen molar-refractivity contribution in [3.8, 4) is 0 Å². The SMILES string of the molecule is OC(COCc1ccco1)CN1CCN(c2ccc(C(F)(F)F)cc2)CC1. The summed E-state index contributed by atoms with van der Waals surface area (Å²) in [6.07, 6.45) is -3.34. The van der Waals surface area contributed by atoms with E-state index in [1.54, 1.807) is 12.3 Å². The van der Waals surface area contributed by atoms with Crippen LogP contribution in [0, 0.1) is 0 Å². The first-order chi connectivity index (χ1) is 12.9. The number of anilines is 1. The number of ether oxygens (including phenoxy) is 1. The second-order valence-electron chi connectivity index (χ2n) is 6.58. The lowest BCUT2D eigenvalue weighted by molar-refractivity contribution is -0.137. The van der Waals surface area contributed by atoms with Crippen LogP contribution in [0.2, 0.25) is 0 Å². The molecule has 0 aliphatic carbocycles. The van der Waals surface area contributed by atoms with Crippen LogP contribution in [0.25, 0.3) is 0 Å². The number of benzene rings is 1. The molecule has 5 nitrogen and oxygen atoms in total. The Hall–Kier alpha value is -2.03. The standard InChI is InChI=1S/C19H23F3N2O3/c20-19(21,22)15-3-5-16(6-4-15)24-9-7-23(8-10-24)12-17(25)13-26-14-18-2-1-11-27-18/h1-6,11,17,25H,7-10,12-14H2. The van der Waals surface area contributed by atoms with Gasteiger partial charge in [-0.2, -0.15) is 13.2 Å². The molecule has 148 valence electrons. The Labute approximate surface area is 155 Å². The van der Waals surface area contributed by atoms with E-state index < -0.39 is 17.8 Å². The van der Waals surface area contributed by atoms with Crippen molar-refractivity contribution in [2.24, 2.45) is 0 Å². The lowest BCUT2D eigenvalue weighted by Crippen LogP contribution is -2.49. The van der Waals surface area contributed by atoms with Crippen molar-refractivity contribution in [2.45, 2.75) is 18.9 Å². The molecule has 0 spiro atoms. The summed E-state index contributed by atoms with van der Waals surface area (Å²) in [5.74, 6) is 0.715. The molecule has 1 N–H and O–H groups in total. The molecular weight excluding hydrogens is 361 g/mol. The van der Waals surface area contributed by atoms with E-state index in [4.69, 9.17) is 9.15 Å². The van der Waals surface area contributed by atoms with Gasteiger partial charge in [0.2, 0.25) is 0 Å². The summed E-state index contributed by atoms with van der Waals surface area (Å²) >= 11 is 0. The monoisotopic (exact) mass is 384 g/mol. The fourth-order valence-corrected chi connectivity index (χ4v) is 3.09. The highest BCUT2D eigenvalue weighted by atomic mass is 19.4. The molecule has 0 radical (unpaired) electrons. The first kappa shape index (κ1) is 19.7. The zero-order chi connectivity index (χ0) is 19.3. The number of hydrogen-bond donors (Lipinski definition) is 1. The van der Waals surface area contributed by atoms with Gasteiger partial charge < -0.3 is 19.2 Å². The van der Waals surface area contributed by atoms with Crippen molar-refractivity contribution in [1.29, 1.82) is 0 Å². The second kappa shape index (κ2) is 8.77. The van der Waals surface area contributed by atoms with Gasteiger partial charge in [-0.05, 0) is 36.4 Å². The molecule has 0 saturated carbocycles. The summed E-state index contributed by atoms with van der Waals surface area (Å²) in [5.41, 5.74) is 0.146. The van der Waals surface area contributed by atoms with E-state index in [1.165, 1.54) is 12.1 Å². The Balaban J connectivity index is 1.39. The number of rotatable bonds is 7. The van der Waals surface area contributed by atoms with Crippen LogP contribution in [0.3, 0.4) is 0 Å². The quantitative estimate of drug-likeness (QED) is 0.795. The van der Waals surface area contributed by atoms with Crippen LogP contribution in [-0.4, -0.2) is 55.4 Å². The molecule has 1 saturated heterocycles. The van der Waals surface area contributed by atoms with Crippen LogP contribution in [0.4, 0.5) is 18.9 Å². The lowest BCUT2D eigenvalue weighted by Gasteiger charge is -2.37. The number of β-amino-alcohol motifs (C(OH)–C–C–N with tert-alkyl or cyclic N) is 1. The predicted molar refractivity (Wildman–Crippen MR) is 94.5 cm³/mol. The molecule has 2 heterocycles. The molecule has 3 rings (SSSR count). The minimum atomic E-state index is -4.31. The smallest absolute Gasteiger partial charge is 0.416 e. The maximum Gasteiger partial charge on any atom is 0.416 e. The van der Waals surface area contributed by atoms with Gasteiger partial charge in [0, 0.05) is 38.4 Å². The second-order valence-corrected chi connectivity index (χ2v) is 6.58. The summed E-state index contributed by atoms with van der Waals surface area (Å²) in [4.78, 5) is 4.18. The lowest BCUT2D eigenvalue weighted by atomic mass is 10.1. The van der Waals surface area contributed by atoms with Gasteiger partial charge in [-0.15, -0.1) is 0 Å². The zero-order valence-electron chi connectivity index (χ0n) is 14.9. The van der Waals surface area contributed by atoms with Gasteiger partial charge in [-0.3, -0.25) is 4.90 Å². The third kappa shape index (κ3) is 5.72. The molecule has 1 fully saturated rings. The Kier molecular flexibility index (Phi) is 6.41. The average molecular weight is 384 g/mol. The van der Waals surface area contributed by atoms with Gasteiger partial charge in [0.25, 0.3) is 0 Å². The van der Waals surface area contributed by atoms with Gasteiger partial charge in [0.15, 0.2) is 0 Å². The predicted octanol–water partition coefficient (Wildman–Crippen LogP) is 3.00. The number of alkyl halides is 3. The number of aliphatic hydroxyl groups is 1. The van der Waals surface area contributed by atoms with Crippen molar-refractivity contribution in [3.63, 3.8) is 0 Å². The van der Waals surface area contributed by atoms with Crippen molar-refractivity contribution >= 4 is 5.69 Å². The summed E-state index contributed by atoms with van der Waals surface area (Å²) in [6, 6.07) is 8.84. The Morgan fingerprint density at radius 2 is 1.78 bits per heavy atom. The highest BCUT2D eigenvalue weighted by Crippen LogP contribution is 2.30. The average Bonchev–Trinajstić information content (AvgIpc) is 3.15. The first-order valence-corrected chi connectivity index (χ1v) is 8.84. The van der Waals surface area contributed by atoms with Crippen LogP contribution in [0.5, 0.6) is 0 Å². The summed E-state index contributed by atoms with van der Waals surface area (Å²) in [6.45, 7) is 3.91. The van der Waals surface area contributed by atoms with Gasteiger partial charge in [-0.1, -0.05) is 0 Å². The van der Waals surface area contributed by atoms with E-state index in [1.807, 2.05) is 6.07 Å². The van der Waals surface area contributed by atoms with Crippen LogP contribution in [0.15, 0.2) is 47.1 Å². The van der Waals surface area contributed by atoms with Crippen molar-refractivity contribution in [2.75, 3.05) is 44.2 Å². The Bertz CT molecular complexity index is 681. The Morgan fingerprint density at radius 1 is 1.07 bits per heavy atom. The van der Waals surface area contributed by atoms with E-state index in [9.17, 15) is 18.3 Å². The van der Waals surface area contributed by atoms with Crippen molar-refractivity contribution < 1.29 is 27.4 Å². The number of hydrogen-bond acceptors (Lipinski definition) is 5. The Morgan fingerprint density at radius 3 is 2.37 bits per heavy atom. The van der Waals surface area contributed by atoms with Crippen LogP contribution < -0.4 is 4.90 Å². The molecule has 0 bridgehead atoms. The number of piperazine rings is 1. The van der Waals surface area contributed by atoms with E-state index >= 15 is 0 Å². The van der Waals surface area contributed by atoms with E-state index in [0.717, 1.165) is 30.9 Å². The minimum Gasteiger partial charge on any atom is -0.467 e. The largest absolute Gasteiger partial charge is 0.467 e. The molecule has 0 amide bonds. The highest BCUT2D eigenvalue weighted by Gasteiger charge is 2.30. The molecule has 1 aromatic heterocycles. The molecule has 1 aromatic carbocycles.